The fourth-order valence-electron chi connectivity index (χ4n) is 3.45. The van der Waals surface area contributed by atoms with E-state index in [0.717, 1.165) is 41.8 Å². The van der Waals surface area contributed by atoms with Crippen LogP contribution in [-0.4, -0.2) is 36.2 Å². The van der Waals surface area contributed by atoms with Gasteiger partial charge in [-0.15, -0.1) is 24.8 Å². The summed E-state index contributed by atoms with van der Waals surface area (Å²) in [5.74, 6) is 1.19. The Morgan fingerprint density at radius 3 is 2.41 bits per heavy atom. The smallest absolute Gasteiger partial charge is 0.123 e. The lowest BCUT2D eigenvalue weighted by molar-refractivity contribution is 0.0818. The number of hydrogen-bond donors (Lipinski definition) is 2. The van der Waals surface area contributed by atoms with E-state index in [9.17, 15) is 5.11 Å². The van der Waals surface area contributed by atoms with E-state index in [1.165, 1.54) is 19.3 Å². The Balaban J connectivity index is 0.00000121. The van der Waals surface area contributed by atoms with Gasteiger partial charge in [-0.1, -0.05) is 22.4 Å². The summed E-state index contributed by atoms with van der Waals surface area (Å²) >= 11 is 3.59. The number of phenols is 1. The fourth-order valence-corrected chi connectivity index (χ4v) is 4.04. The molecule has 0 radical (unpaired) electrons. The lowest BCUT2D eigenvalue weighted by atomic mass is 9.76. The van der Waals surface area contributed by atoms with Crippen molar-refractivity contribution in [3.05, 3.63) is 27.7 Å². The summed E-state index contributed by atoms with van der Waals surface area (Å²) in [7, 11) is 0. The molecular formula is C16H25BrCl2N2O. The molecule has 1 aliphatic carbocycles. The number of phenolic OH excluding ortho intramolecular Hbond substituents is 1. The van der Waals surface area contributed by atoms with E-state index in [2.05, 4.69) is 32.2 Å². The zero-order valence-electron chi connectivity index (χ0n) is 12.8. The summed E-state index contributed by atoms with van der Waals surface area (Å²) in [5, 5.41) is 13.9. The average molecular weight is 412 g/mol. The third-order valence-electron chi connectivity index (χ3n) is 4.75. The topological polar surface area (TPSA) is 35.5 Å². The fraction of sp³-hybridized carbons (Fsp3) is 0.625. The Kier molecular flexibility index (Phi) is 7.96. The maximum atomic E-state index is 10.5. The van der Waals surface area contributed by atoms with Gasteiger partial charge < -0.3 is 10.4 Å². The summed E-state index contributed by atoms with van der Waals surface area (Å²) < 4.78 is 1.07. The predicted molar refractivity (Wildman–Crippen MR) is 99.6 cm³/mol. The first-order chi connectivity index (χ1) is 9.66. The second-order valence-electron chi connectivity index (χ2n) is 6.08. The van der Waals surface area contributed by atoms with Gasteiger partial charge in [0.25, 0.3) is 0 Å². The van der Waals surface area contributed by atoms with E-state index < -0.39 is 0 Å². The zero-order chi connectivity index (χ0) is 14.1. The number of aryl methyl sites for hydroxylation is 1. The van der Waals surface area contributed by atoms with Crippen LogP contribution in [0.3, 0.4) is 0 Å². The van der Waals surface area contributed by atoms with Crippen LogP contribution in [0.25, 0.3) is 0 Å². The zero-order valence-corrected chi connectivity index (χ0v) is 16.1. The monoisotopic (exact) mass is 410 g/mol. The predicted octanol–water partition coefficient (Wildman–Crippen LogP) is 4.05. The molecule has 1 aromatic carbocycles. The average Bonchev–Trinajstić information content (AvgIpc) is 2.39. The van der Waals surface area contributed by atoms with Gasteiger partial charge in [0.05, 0.1) is 0 Å². The van der Waals surface area contributed by atoms with Crippen molar-refractivity contribution in [1.82, 2.24) is 10.2 Å². The Morgan fingerprint density at radius 1 is 1.23 bits per heavy atom. The van der Waals surface area contributed by atoms with E-state index in [4.69, 9.17) is 0 Å². The lowest BCUT2D eigenvalue weighted by Crippen LogP contribution is -2.47. The van der Waals surface area contributed by atoms with Gasteiger partial charge in [-0.3, -0.25) is 4.90 Å². The molecule has 0 aromatic heterocycles. The molecular weight excluding hydrogens is 387 g/mol. The SMILES string of the molecule is Cc1cc(Br)cc([C@H](C2CCC2)N2CCNCC2)c1O.Cl.Cl. The van der Waals surface area contributed by atoms with Gasteiger partial charge in [-0.2, -0.15) is 0 Å². The molecule has 1 aromatic rings. The highest BCUT2D eigenvalue weighted by Gasteiger charge is 2.35. The van der Waals surface area contributed by atoms with E-state index in [1.54, 1.807) is 0 Å². The molecule has 6 heteroatoms. The quantitative estimate of drug-likeness (QED) is 0.787. The van der Waals surface area contributed by atoms with Gasteiger partial charge in [-0.05, 0) is 43.4 Å². The van der Waals surface area contributed by atoms with Crippen molar-refractivity contribution in [2.45, 2.75) is 32.2 Å². The summed E-state index contributed by atoms with van der Waals surface area (Å²) in [6.07, 6.45) is 3.92. The first-order valence-electron chi connectivity index (χ1n) is 7.60. The van der Waals surface area contributed by atoms with Crippen LogP contribution < -0.4 is 5.32 Å². The summed E-state index contributed by atoms with van der Waals surface area (Å²) in [4.78, 5) is 2.56. The van der Waals surface area contributed by atoms with Crippen molar-refractivity contribution in [2.75, 3.05) is 26.2 Å². The molecule has 0 spiro atoms. The molecule has 3 rings (SSSR count). The molecule has 1 heterocycles. The molecule has 1 saturated heterocycles. The van der Waals surface area contributed by atoms with E-state index in [0.29, 0.717) is 17.7 Å². The number of halogens is 3. The molecule has 0 unspecified atom stereocenters. The standard InChI is InChI=1S/C16H23BrN2O.2ClH/c1-11-9-13(17)10-14(16(11)20)15(12-3-2-4-12)19-7-5-18-6-8-19;;/h9-10,12,15,18,20H,2-8H2,1H3;2*1H/t15-;;/m0../s1. The second kappa shape index (κ2) is 8.74. The summed E-state index contributed by atoms with van der Waals surface area (Å²) in [6.45, 7) is 6.24. The van der Waals surface area contributed by atoms with E-state index >= 15 is 0 Å². The van der Waals surface area contributed by atoms with Crippen LogP contribution in [0.15, 0.2) is 16.6 Å². The highest BCUT2D eigenvalue weighted by Crippen LogP contribution is 2.45. The van der Waals surface area contributed by atoms with Crippen LogP contribution in [0, 0.1) is 12.8 Å². The number of nitrogens with one attached hydrogen (secondary N) is 1. The Labute approximate surface area is 153 Å². The number of hydrogen-bond acceptors (Lipinski definition) is 3. The van der Waals surface area contributed by atoms with Crippen molar-refractivity contribution >= 4 is 40.7 Å². The highest BCUT2D eigenvalue weighted by molar-refractivity contribution is 9.10. The summed E-state index contributed by atoms with van der Waals surface area (Å²) in [5.41, 5.74) is 2.08. The van der Waals surface area contributed by atoms with E-state index in [-0.39, 0.29) is 24.8 Å². The van der Waals surface area contributed by atoms with Gasteiger partial charge in [0.2, 0.25) is 0 Å². The first kappa shape index (κ1) is 20.0. The van der Waals surface area contributed by atoms with Gasteiger partial charge in [0, 0.05) is 42.3 Å². The second-order valence-corrected chi connectivity index (χ2v) is 7.00. The van der Waals surface area contributed by atoms with Crippen LogP contribution in [-0.2, 0) is 0 Å². The van der Waals surface area contributed by atoms with Gasteiger partial charge in [0.15, 0.2) is 0 Å². The van der Waals surface area contributed by atoms with Crippen molar-refractivity contribution in [2.24, 2.45) is 5.92 Å². The molecule has 1 atom stereocenters. The maximum absolute atomic E-state index is 10.5. The molecule has 22 heavy (non-hydrogen) atoms. The molecule has 2 fully saturated rings. The number of rotatable bonds is 3. The number of benzene rings is 1. The molecule has 1 aliphatic heterocycles. The van der Waals surface area contributed by atoms with Crippen molar-refractivity contribution in [3.63, 3.8) is 0 Å². The van der Waals surface area contributed by atoms with Crippen molar-refractivity contribution in [3.8, 4) is 5.75 Å². The van der Waals surface area contributed by atoms with Crippen LogP contribution in [0.1, 0.15) is 36.4 Å². The van der Waals surface area contributed by atoms with Gasteiger partial charge in [0.1, 0.15) is 5.75 Å². The lowest BCUT2D eigenvalue weighted by Gasteiger charge is -2.43. The summed E-state index contributed by atoms with van der Waals surface area (Å²) in [6, 6.07) is 4.49. The minimum Gasteiger partial charge on any atom is -0.507 e. The number of nitrogens with zero attached hydrogens (tertiary/aromatic N) is 1. The van der Waals surface area contributed by atoms with Gasteiger partial charge >= 0.3 is 0 Å². The third-order valence-corrected chi connectivity index (χ3v) is 5.21. The van der Waals surface area contributed by atoms with Crippen molar-refractivity contribution < 1.29 is 5.11 Å². The molecule has 1 saturated carbocycles. The van der Waals surface area contributed by atoms with Crippen LogP contribution in [0.4, 0.5) is 0 Å². The number of piperazine rings is 1. The Morgan fingerprint density at radius 2 is 1.86 bits per heavy atom. The molecule has 0 amide bonds. The molecule has 2 N–H and O–H groups in total. The molecule has 3 nitrogen and oxygen atoms in total. The van der Waals surface area contributed by atoms with E-state index in [1.807, 2.05) is 13.0 Å². The minimum atomic E-state index is 0. The number of aromatic hydroxyl groups is 1. The molecule has 126 valence electrons. The minimum absolute atomic E-state index is 0. The van der Waals surface area contributed by atoms with Crippen LogP contribution >= 0.6 is 40.7 Å². The van der Waals surface area contributed by atoms with Crippen molar-refractivity contribution in [1.29, 1.82) is 0 Å². The Hall–Kier alpha value is -0.000000000000000111. The Bertz CT molecular complexity index is 491. The molecule has 0 bridgehead atoms. The molecule has 2 aliphatic rings. The van der Waals surface area contributed by atoms with Crippen LogP contribution in [0.5, 0.6) is 5.75 Å². The highest BCUT2D eigenvalue weighted by atomic mass is 79.9. The van der Waals surface area contributed by atoms with Crippen LogP contribution in [0.2, 0.25) is 0 Å². The maximum Gasteiger partial charge on any atom is 0.123 e. The largest absolute Gasteiger partial charge is 0.507 e. The normalized spacial score (nSPS) is 20.5. The first-order valence-corrected chi connectivity index (χ1v) is 8.40. The third kappa shape index (κ3) is 4.09. The van der Waals surface area contributed by atoms with Gasteiger partial charge in [-0.25, -0.2) is 0 Å².